The topological polar surface area (TPSA) is 49.7 Å². The summed E-state index contributed by atoms with van der Waals surface area (Å²) >= 11 is 0. The van der Waals surface area contributed by atoms with Gasteiger partial charge in [-0.15, -0.1) is 0 Å². The second-order valence-corrected chi connectivity index (χ2v) is 7.35. The third-order valence-electron chi connectivity index (χ3n) is 5.82. The van der Waals surface area contributed by atoms with Crippen LogP contribution in [0.2, 0.25) is 0 Å². The second-order valence-electron chi connectivity index (χ2n) is 7.35. The van der Waals surface area contributed by atoms with Crippen LogP contribution in [0, 0.1) is 0 Å². The summed E-state index contributed by atoms with van der Waals surface area (Å²) in [5.41, 5.74) is 2.00. The van der Waals surface area contributed by atoms with Crippen LogP contribution >= 0.6 is 0 Å². The smallest absolute Gasteiger partial charge is 0.127 e. The number of hydrogen-bond donors (Lipinski definition) is 2. The molecule has 0 aromatic heterocycles. The maximum atomic E-state index is 10.8. The Morgan fingerprint density at radius 2 is 1.67 bits per heavy atom. The summed E-state index contributed by atoms with van der Waals surface area (Å²) in [6.45, 7) is 2.90. The molecule has 0 saturated heterocycles. The first kappa shape index (κ1) is 15.6. The van der Waals surface area contributed by atoms with Gasteiger partial charge in [-0.25, -0.2) is 0 Å². The fourth-order valence-corrected chi connectivity index (χ4v) is 4.61. The molecule has 0 aliphatic heterocycles. The predicted molar refractivity (Wildman–Crippen MR) is 96.2 cm³/mol. The second kappa shape index (κ2) is 6.19. The molecular formula is C21H26O3. The van der Waals surface area contributed by atoms with E-state index in [9.17, 15) is 10.2 Å². The molecule has 2 aromatic rings. The van der Waals surface area contributed by atoms with Crippen molar-refractivity contribution >= 4 is 10.8 Å². The van der Waals surface area contributed by atoms with Crippen LogP contribution in [0.15, 0.2) is 18.2 Å². The lowest BCUT2D eigenvalue weighted by Crippen LogP contribution is -2.01. The summed E-state index contributed by atoms with van der Waals surface area (Å²) < 4.78 is 5.84. The number of fused-ring (bicyclic) bond motifs is 6. The molecule has 0 amide bonds. The lowest BCUT2D eigenvalue weighted by atomic mass is 9.87. The third kappa shape index (κ3) is 2.42. The van der Waals surface area contributed by atoms with E-state index in [-0.39, 0.29) is 0 Å². The Kier molecular flexibility index (Phi) is 4.03. The number of phenolic OH excluding ortho intramolecular Hbond substituents is 2. The van der Waals surface area contributed by atoms with E-state index in [4.69, 9.17) is 4.74 Å². The quantitative estimate of drug-likeness (QED) is 0.538. The summed E-state index contributed by atoms with van der Waals surface area (Å²) in [6.07, 6.45) is 8.04. The van der Waals surface area contributed by atoms with Crippen LogP contribution in [-0.2, 0) is 0 Å². The summed E-state index contributed by atoms with van der Waals surface area (Å²) in [5.74, 6) is 2.35. The van der Waals surface area contributed by atoms with Crippen molar-refractivity contribution in [3.63, 3.8) is 0 Å². The number of ether oxygens (including phenoxy) is 1. The average Bonchev–Trinajstić information content (AvgIpc) is 3.21. The van der Waals surface area contributed by atoms with E-state index in [2.05, 4.69) is 6.92 Å². The first-order valence-corrected chi connectivity index (χ1v) is 9.35. The van der Waals surface area contributed by atoms with Gasteiger partial charge in [-0.05, 0) is 55.7 Å². The van der Waals surface area contributed by atoms with Gasteiger partial charge in [0.1, 0.15) is 17.2 Å². The fourth-order valence-electron chi connectivity index (χ4n) is 4.61. The van der Waals surface area contributed by atoms with Gasteiger partial charge in [0, 0.05) is 21.9 Å². The highest BCUT2D eigenvalue weighted by Crippen LogP contribution is 2.60. The van der Waals surface area contributed by atoms with Crippen molar-refractivity contribution in [2.75, 3.05) is 6.61 Å². The Bertz CT molecular complexity index is 766. The van der Waals surface area contributed by atoms with E-state index in [0.29, 0.717) is 29.9 Å². The minimum atomic E-state index is 0.362. The molecule has 4 rings (SSSR count). The molecule has 3 nitrogen and oxygen atoms in total. The molecule has 0 heterocycles. The van der Waals surface area contributed by atoms with Crippen molar-refractivity contribution in [3.05, 3.63) is 29.3 Å². The Balaban J connectivity index is 1.64. The zero-order valence-corrected chi connectivity index (χ0v) is 14.3. The number of rotatable bonds is 6. The van der Waals surface area contributed by atoms with Crippen LogP contribution in [0.3, 0.4) is 0 Å². The largest absolute Gasteiger partial charge is 0.507 e. The average molecular weight is 326 g/mol. The molecule has 0 radical (unpaired) electrons. The SMILES string of the molecule is CCCCCCOc1ccc2c(O)c3c(c(O)c2c1)C1CCC3C1. The number of aromatic hydroxyl groups is 2. The maximum absolute atomic E-state index is 10.8. The van der Waals surface area contributed by atoms with Crippen molar-refractivity contribution in [1.29, 1.82) is 0 Å². The zero-order valence-electron chi connectivity index (χ0n) is 14.3. The van der Waals surface area contributed by atoms with E-state index >= 15 is 0 Å². The molecule has 2 aliphatic rings. The molecule has 2 aliphatic carbocycles. The predicted octanol–water partition coefficient (Wildman–Crippen LogP) is 5.57. The van der Waals surface area contributed by atoms with Crippen molar-refractivity contribution in [2.24, 2.45) is 0 Å². The number of unbranched alkanes of at least 4 members (excludes halogenated alkanes) is 3. The van der Waals surface area contributed by atoms with Crippen LogP contribution in [0.5, 0.6) is 17.2 Å². The van der Waals surface area contributed by atoms with Gasteiger partial charge < -0.3 is 14.9 Å². The van der Waals surface area contributed by atoms with Crippen molar-refractivity contribution in [3.8, 4) is 17.2 Å². The maximum Gasteiger partial charge on any atom is 0.127 e. The Labute approximate surface area is 143 Å². The van der Waals surface area contributed by atoms with Gasteiger partial charge in [0.15, 0.2) is 0 Å². The summed E-state index contributed by atoms with van der Waals surface area (Å²) in [6, 6.07) is 5.68. The Morgan fingerprint density at radius 1 is 0.958 bits per heavy atom. The summed E-state index contributed by atoms with van der Waals surface area (Å²) in [7, 11) is 0. The van der Waals surface area contributed by atoms with E-state index < -0.39 is 0 Å². The monoisotopic (exact) mass is 326 g/mol. The first-order chi connectivity index (χ1) is 11.7. The summed E-state index contributed by atoms with van der Waals surface area (Å²) in [4.78, 5) is 0. The van der Waals surface area contributed by atoms with Crippen LogP contribution in [-0.4, -0.2) is 16.8 Å². The van der Waals surface area contributed by atoms with E-state index in [1.165, 1.54) is 19.3 Å². The number of hydrogen-bond acceptors (Lipinski definition) is 3. The molecule has 2 aromatic carbocycles. The summed E-state index contributed by atoms with van der Waals surface area (Å²) in [5, 5.41) is 23.0. The van der Waals surface area contributed by atoms with E-state index in [1.807, 2.05) is 18.2 Å². The van der Waals surface area contributed by atoms with Gasteiger partial charge >= 0.3 is 0 Å². The van der Waals surface area contributed by atoms with Crippen LogP contribution in [0.1, 0.15) is 74.8 Å². The van der Waals surface area contributed by atoms with Crippen molar-refractivity contribution in [2.45, 2.75) is 63.7 Å². The molecule has 1 saturated carbocycles. The van der Waals surface area contributed by atoms with Crippen LogP contribution < -0.4 is 4.74 Å². The van der Waals surface area contributed by atoms with Gasteiger partial charge in [0.05, 0.1) is 6.61 Å². The highest BCUT2D eigenvalue weighted by molar-refractivity contribution is 5.97. The van der Waals surface area contributed by atoms with Crippen molar-refractivity contribution in [1.82, 2.24) is 0 Å². The zero-order chi connectivity index (χ0) is 16.7. The van der Waals surface area contributed by atoms with Crippen LogP contribution in [0.25, 0.3) is 10.8 Å². The Hall–Kier alpha value is -1.90. The molecule has 1 fully saturated rings. The highest BCUT2D eigenvalue weighted by atomic mass is 16.5. The van der Waals surface area contributed by atoms with Gasteiger partial charge in [-0.3, -0.25) is 0 Å². The molecule has 2 N–H and O–H groups in total. The molecule has 2 atom stereocenters. The van der Waals surface area contributed by atoms with Crippen LogP contribution in [0.4, 0.5) is 0 Å². The molecular weight excluding hydrogens is 300 g/mol. The van der Waals surface area contributed by atoms with Gasteiger partial charge in [-0.1, -0.05) is 26.2 Å². The molecule has 2 unspecified atom stereocenters. The first-order valence-electron chi connectivity index (χ1n) is 9.35. The lowest BCUT2D eigenvalue weighted by Gasteiger charge is -2.20. The highest BCUT2D eigenvalue weighted by Gasteiger charge is 2.41. The molecule has 128 valence electrons. The minimum Gasteiger partial charge on any atom is -0.507 e. The minimum absolute atomic E-state index is 0.362. The molecule has 3 heteroatoms. The van der Waals surface area contributed by atoms with Crippen molar-refractivity contribution < 1.29 is 14.9 Å². The third-order valence-corrected chi connectivity index (χ3v) is 5.82. The fraction of sp³-hybridized carbons (Fsp3) is 0.524. The van der Waals surface area contributed by atoms with Gasteiger partial charge in [-0.2, -0.15) is 0 Å². The molecule has 0 spiro atoms. The lowest BCUT2D eigenvalue weighted by molar-refractivity contribution is 0.305. The standard InChI is InChI=1S/C21H26O3/c1-2-3-4-5-10-24-15-8-9-16-17(12-15)21(23)19-14-7-6-13(11-14)18(19)20(16)22/h8-9,12-14,22-23H,2-7,10-11H2,1H3. The van der Waals surface area contributed by atoms with E-state index in [0.717, 1.165) is 53.3 Å². The number of phenols is 2. The number of benzene rings is 2. The Morgan fingerprint density at radius 3 is 2.38 bits per heavy atom. The molecule has 2 bridgehead atoms. The van der Waals surface area contributed by atoms with Gasteiger partial charge in [0.2, 0.25) is 0 Å². The van der Waals surface area contributed by atoms with Gasteiger partial charge in [0.25, 0.3) is 0 Å². The normalized spacial score (nSPS) is 21.4. The molecule has 24 heavy (non-hydrogen) atoms. The van der Waals surface area contributed by atoms with E-state index in [1.54, 1.807) is 0 Å².